The molecule has 0 aromatic carbocycles. The molecule has 0 aliphatic carbocycles. The highest BCUT2D eigenvalue weighted by molar-refractivity contribution is 9.10. The van der Waals surface area contributed by atoms with Crippen molar-refractivity contribution in [2.45, 2.75) is 13.0 Å². The highest BCUT2D eigenvalue weighted by Crippen LogP contribution is 2.16. The molecule has 0 fully saturated rings. The summed E-state index contributed by atoms with van der Waals surface area (Å²) in [6, 6.07) is 4.73. The van der Waals surface area contributed by atoms with E-state index in [1.807, 2.05) is 13.0 Å². The standard InChI is InChI=1S/C13H14BrN3O3/c1-8-5-9(14)6-15-12(8)17-13(19)16-7-10(18)11-3-2-4-20-11/h2-6,10,18H,7H2,1H3,(H2,15,16,17,19). The number of aliphatic hydroxyl groups excluding tert-OH is 1. The van der Waals surface area contributed by atoms with Crippen molar-refractivity contribution in [1.82, 2.24) is 10.3 Å². The number of hydrogen-bond donors (Lipinski definition) is 3. The number of hydrogen-bond acceptors (Lipinski definition) is 4. The predicted molar refractivity (Wildman–Crippen MR) is 77.4 cm³/mol. The second-order valence-electron chi connectivity index (χ2n) is 4.19. The summed E-state index contributed by atoms with van der Waals surface area (Å²) in [5.41, 5.74) is 0.834. The number of urea groups is 1. The Balaban J connectivity index is 1.86. The number of carbonyl (C=O) groups excluding carboxylic acids is 1. The largest absolute Gasteiger partial charge is 0.467 e. The van der Waals surface area contributed by atoms with Crippen LogP contribution in [0.2, 0.25) is 0 Å². The average Bonchev–Trinajstić information content (AvgIpc) is 2.93. The van der Waals surface area contributed by atoms with Crippen molar-refractivity contribution in [3.63, 3.8) is 0 Å². The van der Waals surface area contributed by atoms with Crippen LogP contribution < -0.4 is 10.6 Å². The third-order valence-electron chi connectivity index (χ3n) is 2.60. The van der Waals surface area contributed by atoms with Gasteiger partial charge in [0.1, 0.15) is 17.7 Å². The van der Waals surface area contributed by atoms with Gasteiger partial charge in [-0.3, -0.25) is 5.32 Å². The van der Waals surface area contributed by atoms with Gasteiger partial charge in [-0.1, -0.05) is 0 Å². The van der Waals surface area contributed by atoms with Crippen LogP contribution in [0.5, 0.6) is 0 Å². The normalized spacial score (nSPS) is 11.9. The van der Waals surface area contributed by atoms with E-state index < -0.39 is 12.1 Å². The van der Waals surface area contributed by atoms with E-state index in [0.29, 0.717) is 11.6 Å². The summed E-state index contributed by atoms with van der Waals surface area (Å²) in [6.07, 6.45) is 2.18. The molecule has 3 N–H and O–H groups in total. The fourth-order valence-electron chi connectivity index (χ4n) is 1.59. The first-order valence-corrected chi connectivity index (χ1v) is 6.74. The fourth-order valence-corrected chi connectivity index (χ4v) is 2.04. The lowest BCUT2D eigenvalue weighted by molar-refractivity contribution is 0.149. The molecule has 0 spiro atoms. The highest BCUT2D eigenvalue weighted by atomic mass is 79.9. The number of aromatic nitrogens is 1. The Morgan fingerprint density at radius 3 is 3.05 bits per heavy atom. The van der Waals surface area contributed by atoms with Crippen molar-refractivity contribution >= 4 is 27.8 Å². The summed E-state index contributed by atoms with van der Waals surface area (Å²) in [5.74, 6) is 0.876. The van der Waals surface area contributed by atoms with E-state index in [9.17, 15) is 9.90 Å². The quantitative estimate of drug-likeness (QED) is 0.798. The van der Waals surface area contributed by atoms with Gasteiger partial charge in [-0.05, 0) is 46.6 Å². The van der Waals surface area contributed by atoms with Crippen molar-refractivity contribution < 1.29 is 14.3 Å². The van der Waals surface area contributed by atoms with Gasteiger partial charge >= 0.3 is 6.03 Å². The molecule has 2 aromatic rings. The predicted octanol–water partition coefficient (Wildman–Crippen LogP) is 2.60. The molecular weight excluding hydrogens is 326 g/mol. The minimum atomic E-state index is -0.880. The van der Waals surface area contributed by atoms with Gasteiger partial charge in [0.15, 0.2) is 0 Å². The molecule has 106 valence electrons. The molecule has 1 atom stereocenters. The summed E-state index contributed by atoms with van der Waals surface area (Å²) < 4.78 is 5.88. The lowest BCUT2D eigenvalue weighted by atomic mass is 10.3. The zero-order chi connectivity index (χ0) is 14.5. The van der Waals surface area contributed by atoms with E-state index >= 15 is 0 Å². The number of pyridine rings is 1. The maximum atomic E-state index is 11.7. The zero-order valence-electron chi connectivity index (χ0n) is 10.8. The Kier molecular flexibility index (Phi) is 4.75. The maximum Gasteiger partial charge on any atom is 0.320 e. The van der Waals surface area contributed by atoms with Crippen LogP contribution in [0.25, 0.3) is 0 Å². The Labute approximate surface area is 124 Å². The maximum absolute atomic E-state index is 11.7. The molecule has 0 aliphatic rings. The van der Waals surface area contributed by atoms with Gasteiger partial charge in [-0.2, -0.15) is 0 Å². The van der Waals surface area contributed by atoms with E-state index in [1.54, 1.807) is 18.3 Å². The van der Waals surface area contributed by atoms with Crippen LogP contribution in [-0.4, -0.2) is 22.7 Å². The second kappa shape index (κ2) is 6.53. The number of nitrogens with one attached hydrogen (secondary N) is 2. The van der Waals surface area contributed by atoms with Gasteiger partial charge in [-0.25, -0.2) is 9.78 Å². The smallest absolute Gasteiger partial charge is 0.320 e. The molecule has 2 amide bonds. The van der Waals surface area contributed by atoms with E-state index in [-0.39, 0.29) is 6.54 Å². The molecule has 2 heterocycles. The zero-order valence-corrected chi connectivity index (χ0v) is 12.3. The summed E-state index contributed by atoms with van der Waals surface area (Å²) >= 11 is 3.30. The number of aryl methyl sites for hydroxylation is 1. The second-order valence-corrected chi connectivity index (χ2v) is 5.10. The molecule has 2 aromatic heterocycles. The lowest BCUT2D eigenvalue weighted by Crippen LogP contribution is -2.32. The van der Waals surface area contributed by atoms with Crippen LogP contribution in [0.3, 0.4) is 0 Å². The van der Waals surface area contributed by atoms with Crippen LogP contribution in [0.4, 0.5) is 10.6 Å². The molecule has 6 nitrogen and oxygen atoms in total. The third kappa shape index (κ3) is 3.82. The van der Waals surface area contributed by atoms with E-state index in [0.717, 1.165) is 10.0 Å². The Morgan fingerprint density at radius 1 is 1.60 bits per heavy atom. The minimum absolute atomic E-state index is 0.0505. The molecule has 1 unspecified atom stereocenters. The van der Waals surface area contributed by atoms with Gasteiger partial charge < -0.3 is 14.8 Å². The van der Waals surface area contributed by atoms with Crippen LogP contribution in [0.1, 0.15) is 17.4 Å². The van der Waals surface area contributed by atoms with Crippen molar-refractivity contribution in [1.29, 1.82) is 0 Å². The summed E-state index contributed by atoms with van der Waals surface area (Å²) in [7, 11) is 0. The molecule has 2 rings (SSSR count). The van der Waals surface area contributed by atoms with Crippen LogP contribution in [0, 0.1) is 6.92 Å². The molecule has 0 saturated carbocycles. The van der Waals surface area contributed by atoms with Crippen LogP contribution in [-0.2, 0) is 0 Å². The number of nitrogens with zero attached hydrogens (tertiary/aromatic N) is 1. The molecular formula is C13H14BrN3O3. The van der Waals surface area contributed by atoms with Gasteiger partial charge in [0.05, 0.1) is 12.8 Å². The molecule has 0 saturated heterocycles. The molecule has 0 radical (unpaired) electrons. The van der Waals surface area contributed by atoms with Gasteiger partial charge in [0.2, 0.25) is 0 Å². The summed E-state index contributed by atoms with van der Waals surface area (Å²) in [4.78, 5) is 15.8. The number of halogens is 1. The topological polar surface area (TPSA) is 87.4 Å². The van der Waals surface area contributed by atoms with Crippen molar-refractivity contribution in [3.05, 3.63) is 46.5 Å². The third-order valence-corrected chi connectivity index (χ3v) is 3.04. The van der Waals surface area contributed by atoms with E-state index in [2.05, 4.69) is 31.5 Å². The Bertz CT molecular complexity index is 587. The number of furan rings is 1. The fraction of sp³-hybridized carbons (Fsp3) is 0.231. The van der Waals surface area contributed by atoms with Crippen LogP contribution >= 0.6 is 15.9 Å². The first-order valence-electron chi connectivity index (χ1n) is 5.94. The Hall–Kier alpha value is -1.86. The Morgan fingerprint density at radius 2 is 2.40 bits per heavy atom. The van der Waals surface area contributed by atoms with Crippen molar-refractivity contribution in [2.75, 3.05) is 11.9 Å². The average molecular weight is 340 g/mol. The number of carbonyl (C=O) groups is 1. The minimum Gasteiger partial charge on any atom is -0.467 e. The molecule has 0 bridgehead atoms. The van der Waals surface area contributed by atoms with Crippen molar-refractivity contribution in [3.8, 4) is 0 Å². The number of aliphatic hydroxyl groups is 1. The van der Waals surface area contributed by atoms with Gasteiger partial charge in [0.25, 0.3) is 0 Å². The molecule has 0 aliphatic heterocycles. The number of anilines is 1. The number of amides is 2. The highest BCUT2D eigenvalue weighted by Gasteiger charge is 2.12. The molecule has 7 heteroatoms. The lowest BCUT2D eigenvalue weighted by Gasteiger charge is -2.11. The summed E-state index contributed by atoms with van der Waals surface area (Å²) in [6.45, 7) is 1.89. The van der Waals surface area contributed by atoms with E-state index in [4.69, 9.17) is 4.42 Å². The first kappa shape index (κ1) is 14.5. The van der Waals surface area contributed by atoms with Gasteiger partial charge in [-0.15, -0.1) is 0 Å². The monoisotopic (exact) mass is 339 g/mol. The number of rotatable bonds is 4. The van der Waals surface area contributed by atoms with E-state index in [1.165, 1.54) is 6.26 Å². The van der Waals surface area contributed by atoms with Crippen LogP contribution in [0.15, 0.2) is 39.5 Å². The molecule has 20 heavy (non-hydrogen) atoms. The summed E-state index contributed by atoms with van der Waals surface area (Å²) in [5, 5.41) is 14.9. The van der Waals surface area contributed by atoms with Crippen molar-refractivity contribution in [2.24, 2.45) is 0 Å². The van der Waals surface area contributed by atoms with Gasteiger partial charge in [0, 0.05) is 10.7 Å². The SMILES string of the molecule is Cc1cc(Br)cnc1NC(=O)NCC(O)c1ccco1. The first-order chi connectivity index (χ1) is 9.56.